The number of benzene rings is 1. The summed E-state index contributed by atoms with van der Waals surface area (Å²) < 4.78 is 6.54. The largest absolute Gasteiger partial charge is 0.378 e. The number of likely N-dealkylation sites (tertiary alicyclic amines) is 1. The van der Waals surface area contributed by atoms with Crippen LogP contribution in [0.15, 0.2) is 48.7 Å². The Bertz CT molecular complexity index is 1080. The van der Waals surface area contributed by atoms with Crippen molar-refractivity contribution >= 4 is 33.2 Å². The van der Waals surface area contributed by atoms with E-state index in [1.165, 1.54) is 0 Å². The molecule has 5 rings (SSSR count). The summed E-state index contributed by atoms with van der Waals surface area (Å²) in [6.07, 6.45) is 2.50. The van der Waals surface area contributed by atoms with Crippen molar-refractivity contribution < 1.29 is 14.3 Å². The first kappa shape index (κ1) is 19.2. The summed E-state index contributed by atoms with van der Waals surface area (Å²) in [5.41, 5.74) is 1.57. The number of pyridine rings is 1. The molecule has 3 aromatic rings. The minimum absolute atomic E-state index is 0.0429. The van der Waals surface area contributed by atoms with Crippen LogP contribution >= 0.6 is 11.3 Å². The van der Waals surface area contributed by atoms with E-state index in [9.17, 15) is 9.59 Å². The molecule has 30 heavy (non-hydrogen) atoms. The topological polar surface area (TPSA) is 62.7 Å². The SMILES string of the molecule is O=C(c1ccccn1)N1CC[C@@H](c2c(C(=O)N3CCOCC3)sc3ccccc23)C1. The lowest BCUT2D eigenvalue weighted by atomic mass is 9.94. The van der Waals surface area contributed by atoms with Gasteiger partial charge in [0.2, 0.25) is 0 Å². The van der Waals surface area contributed by atoms with Crippen molar-refractivity contribution in [1.29, 1.82) is 0 Å². The fraction of sp³-hybridized carbons (Fsp3) is 0.348. The number of nitrogens with zero attached hydrogens (tertiary/aromatic N) is 3. The molecular formula is C23H23N3O3S. The third-order valence-corrected chi connectivity index (χ3v) is 7.07. The van der Waals surface area contributed by atoms with Crippen molar-refractivity contribution in [2.75, 3.05) is 39.4 Å². The molecule has 6 nitrogen and oxygen atoms in total. The van der Waals surface area contributed by atoms with Crippen molar-refractivity contribution in [2.45, 2.75) is 12.3 Å². The molecule has 0 bridgehead atoms. The summed E-state index contributed by atoms with van der Waals surface area (Å²) >= 11 is 1.57. The van der Waals surface area contributed by atoms with Gasteiger partial charge in [-0.15, -0.1) is 11.3 Å². The van der Waals surface area contributed by atoms with Gasteiger partial charge in [-0.05, 0) is 35.6 Å². The summed E-state index contributed by atoms with van der Waals surface area (Å²) in [6, 6.07) is 13.6. The molecule has 2 aliphatic heterocycles. The van der Waals surface area contributed by atoms with Crippen molar-refractivity contribution in [3.8, 4) is 0 Å². The first-order chi connectivity index (χ1) is 14.7. The van der Waals surface area contributed by atoms with Gasteiger partial charge in [0.15, 0.2) is 0 Å². The maximum Gasteiger partial charge on any atom is 0.272 e. The van der Waals surface area contributed by atoms with E-state index in [-0.39, 0.29) is 17.7 Å². The Kier molecular flexibility index (Phi) is 5.23. The highest BCUT2D eigenvalue weighted by molar-refractivity contribution is 7.21. The fourth-order valence-electron chi connectivity index (χ4n) is 4.37. The Morgan fingerprint density at radius 1 is 0.967 bits per heavy atom. The molecule has 0 spiro atoms. The van der Waals surface area contributed by atoms with Gasteiger partial charge >= 0.3 is 0 Å². The standard InChI is InChI=1S/C23H23N3O3S/c27-22(18-6-3-4-9-24-18)26-10-8-16(15-26)20-17-5-1-2-7-19(17)30-21(20)23(28)25-11-13-29-14-12-25/h1-7,9,16H,8,10-15H2/t16-/m1/s1. The number of fused-ring (bicyclic) bond motifs is 1. The Morgan fingerprint density at radius 3 is 2.57 bits per heavy atom. The zero-order valence-electron chi connectivity index (χ0n) is 16.6. The molecule has 1 atom stereocenters. The lowest BCUT2D eigenvalue weighted by Crippen LogP contribution is -2.40. The minimum Gasteiger partial charge on any atom is -0.378 e. The van der Waals surface area contributed by atoms with Crippen LogP contribution in [-0.4, -0.2) is 66.0 Å². The van der Waals surface area contributed by atoms with Crippen LogP contribution in [0.4, 0.5) is 0 Å². The Hall–Kier alpha value is -2.77. The second-order valence-corrected chi connectivity index (χ2v) is 8.75. The van der Waals surface area contributed by atoms with E-state index in [1.54, 1.807) is 23.6 Å². The van der Waals surface area contributed by atoms with Gasteiger partial charge in [0.1, 0.15) is 5.69 Å². The molecule has 0 unspecified atom stereocenters. The smallest absolute Gasteiger partial charge is 0.272 e. The Morgan fingerprint density at radius 2 is 1.77 bits per heavy atom. The van der Waals surface area contributed by atoms with Gasteiger partial charge in [0.05, 0.1) is 18.1 Å². The van der Waals surface area contributed by atoms with Gasteiger partial charge in [-0.25, -0.2) is 0 Å². The van der Waals surface area contributed by atoms with Crippen LogP contribution in [0.25, 0.3) is 10.1 Å². The molecular weight excluding hydrogens is 398 g/mol. The van der Waals surface area contributed by atoms with Crippen molar-refractivity contribution in [3.63, 3.8) is 0 Å². The second-order valence-electron chi connectivity index (χ2n) is 7.70. The van der Waals surface area contributed by atoms with Gasteiger partial charge in [0, 0.05) is 43.0 Å². The lowest BCUT2D eigenvalue weighted by molar-refractivity contribution is 0.0305. The molecule has 1 aromatic carbocycles. The number of carbonyl (C=O) groups is 2. The van der Waals surface area contributed by atoms with Gasteiger partial charge in [-0.3, -0.25) is 14.6 Å². The first-order valence-electron chi connectivity index (χ1n) is 10.3. The van der Waals surface area contributed by atoms with Crippen LogP contribution < -0.4 is 0 Å². The molecule has 0 aliphatic carbocycles. The summed E-state index contributed by atoms with van der Waals surface area (Å²) in [5, 5.41) is 1.14. The van der Waals surface area contributed by atoms with Crippen LogP contribution in [0.2, 0.25) is 0 Å². The molecule has 2 amide bonds. The van der Waals surface area contributed by atoms with Crippen LogP contribution in [0.5, 0.6) is 0 Å². The summed E-state index contributed by atoms with van der Waals surface area (Å²) in [6.45, 7) is 3.71. The maximum absolute atomic E-state index is 13.4. The fourth-order valence-corrected chi connectivity index (χ4v) is 5.63. The second kappa shape index (κ2) is 8.16. The van der Waals surface area contributed by atoms with Crippen molar-refractivity contribution in [2.24, 2.45) is 0 Å². The van der Waals surface area contributed by atoms with E-state index in [1.807, 2.05) is 34.1 Å². The predicted octanol–water partition coefficient (Wildman–Crippen LogP) is 3.40. The Labute approximate surface area is 179 Å². The number of thiophene rings is 1. The number of hydrogen-bond donors (Lipinski definition) is 0. The van der Waals surface area contributed by atoms with Gasteiger partial charge in [0.25, 0.3) is 11.8 Å². The molecule has 2 saturated heterocycles. The average molecular weight is 422 g/mol. The molecule has 7 heteroatoms. The number of morpholine rings is 1. The number of aromatic nitrogens is 1. The third-order valence-electron chi connectivity index (χ3n) is 5.89. The zero-order valence-corrected chi connectivity index (χ0v) is 17.4. The van der Waals surface area contributed by atoms with Gasteiger partial charge in [-0.1, -0.05) is 24.3 Å². The molecule has 0 saturated carbocycles. The number of hydrogen-bond acceptors (Lipinski definition) is 5. The highest BCUT2D eigenvalue weighted by Crippen LogP contribution is 2.41. The summed E-state index contributed by atoms with van der Waals surface area (Å²) in [4.78, 5) is 35.0. The summed E-state index contributed by atoms with van der Waals surface area (Å²) in [5.74, 6) is 0.191. The first-order valence-corrected chi connectivity index (χ1v) is 11.1. The molecule has 4 heterocycles. The monoisotopic (exact) mass is 421 g/mol. The Balaban J connectivity index is 1.46. The summed E-state index contributed by atoms with van der Waals surface area (Å²) in [7, 11) is 0. The van der Waals surface area contributed by atoms with Gasteiger partial charge < -0.3 is 14.5 Å². The lowest BCUT2D eigenvalue weighted by Gasteiger charge is -2.27. The molecule has 154 valence electrons. The third kappa shape index (κ3) is 3.48. The van der Waals surface area contributed by atoms with E-state index in [4.69, 9.17) is 4.74 Å². The molecule has 2 aromatic heterocycles. The zero-order chi connectivity index (χ0) is 20.5. The van der Waals surface area contributed by atoms with E-state index in [2.05, 4.69) is 17.1 Å². The maximum atomic E-state index is 13.4. The van der Waals surface area contributed by atoms with Crippen LogP contribution in [0.1, 0.15) is 38.1 Å². The van der Waals surface area contributed by atoms with Crippen molar-refractivity contribution in [3.05, 3.63) is 64.8 Å². The quantitative estimate of drug-likeness (QED) is 0.650. The van der Waals surface area contributed by atoms with Gasteiger partial charge in [-0.2, -0.15) is 0 Å². The normalized spacial score (nSPS) is 19.4. The minimum atomic E-state index is -0.0429. The number of rotatable bonds is 3. The van der Waals surface area contributed by atoms with E-state index >= 15 is 0 Å². The molecule has 2 fully saturated rings. The highest BCUT2D eigenvalue weighted by atomic mass is 32.1. The van der Waals surface area contributed by atoms with E-state index in [0.29, 0.717) is 45.1 Å². The van der Waals surface area contributed by atoms with E-state index < -0.39 is 0 Å². The van der Waals surface area contributed by atoms with Crippen LogP contribution in [0.3, 0.4) is 0 Å². The predicted molar refractivity (Wildman–Crippen MR) is 116 cm³/mol. The van der Waals surface area contributed by atoms with Crippen LogP contribution in [0, 0.1) is 0 Å². The average Bonchev–Trinajstić information content (AvgIpc) is 3.44. The molecule has 2 aliphatic rings. The highest BCUT2D eigenvalue weighted by Gasteiger charge is 2.34. The molecule has 0 N–H and O–H groups in total. The van der Waals surface area contributed by atoms with Crippen molar-refractivity contribution in [1.82, 2.24) is 14.8 Å². The number of carbonyl (C=O) groups excluding carboxylic acids is 2. The number of amides is 2. The van der Waals surface area contributed by atoms with E-state index in [0.717, 1.165) is 26.9 Å². The van der Waals surface area contributed by atoms with Crippen LogP contribution in [-0.2, 0) is 4.74 Å². The number of ether oxygens (including phenoxy) is 1. The molecule has 0 radical (unpaired) electrons.